The van der Waals surface area contributed by atoms with Crippen molar-refractivity contribution < 1.29 is 9.53 Å². The van der Waals surface area contributed by atoms with Crippen LogP contribution in [0.4, 0.5) is 5.69 Å². The monoisotopic (exact) mass is 291 g/mol. The standard InChI is InChI=1S/C16H25N3O2/c1-12(2)19-8-7-13(10-19)9-18-16(20)11-21-15-6-4-3-5-14(15)17/h3-6,12-13H,7-11,17H2,1-2H3,(H,18,20). The first kappa shape index (κ1) is 15.6. The second kappa shape index (κ2) is 7.31. The van der Waals surface area contributed by atoms with Crippen LogP contribution in [-0.4, -0.2) is 43.1 Å². The molecule has 116 valence electrons. The molecular weight excluding hydrogens is 266 g/mol. The van der Waals surface area contributed by atoms with Crippen molar-refractivity contribution in [3.05, 3.63) is 24.3 Å². The number of nitrogens with one attached hydrogen (secondary N) is 1. The Bertz CT molecular complexity index is 476. The van der Waals surface area contributed by atoms with E-state index in [-0.39, 0.29) is 12.5 Å². The number of rotatable bonds is 6. The van der Waals surface area contributed by atoms with Crippen molar-refractivity contribution in [3.8, 4) is 5.75 Å². The molecule has 1 heterocycles. The van der Waals surface area contributed by atoms with Gasteiger partial charge in [-0.15, -0.1) is 0 Å². The first-order valence-electron chi connectivity index (χ1n) is 7.54. The lowest BCUT2D eigenvalue weighted by molar-refractivity contribution is -0.123. The van der Waals surface area contributed by atoms with Crippen molar-refractivity contribution in [2.75, 3.05) is 32.0 Å². The summed E-state index contributed by atoms with van der Waals surface area (Å²) in [7, 11) is 0. The van der Waals surface area contributed by atoms with Crippen molar-refractivity contribution in [2.45, 2.75) is 26.3 Å². The van der Waals surface area contributed by atoms with Crippen LogP contribution in [0.2, 0.25) is 0 Å². The molecule has 3 N–H and O–H groups in total. The van der Waals surface area contributed by atoms with Gasteiger partial charge < -0.3 is 20.7 Å². The minimum absolute atomic E-state index is 0.00876. The molecule has 0 bridgehead atoms. The Morgan fingerprint density at radius 1 is 1.48 bits per heavy atom. The van der Waals surface area contributed by atoms with Crippen LogP contribution in [0.25, 0.3) is 0 Å². The van der Waals surface area contributed by atoms with Gasteiger partial charge in [0.2, 0.25) is 0 Å². The summed E-state index contributed by atoms with van der Waals surface area (Å²) in [5, 5.41) is 2.94. The third-order valence-corrected chi connectivity index (χ3v) is 3.91. The van der Waals surface area contributed by atoms with Crippen LogP contribution in [0.5, 0.6) is 5.75 Å². The second-order valence-electron chi connectivity index (χ2n) is 5.87. The lowest BCUT2D eigenvalue weighted by Crippen LogP contribution is -2.35. The summed E-state index contributed by atoms with van der Waals surface area (Å²) in [5.41, 5.74) is 6.31. The smallest absolute Gasteiger partial charge is 0.257 e. The molecule has 1 amide bonds. The van der Waals surface area contributed by atoms with Crippen molar-refractivity contribution >= 4 is 11.6 Å². The van der Waals surface area contributed by atoms with Gasteiger partial charge in [0.25, 0.3) is 5.91 Å². The first-order chi connectivity index (χ1) is 10.1. The van der Waals surface area contributed by atoms with Crippen molar-refractivity contribution in [2.24, 2.45) is 5.92 Å². The van der Waals surface area contributed by atoms with E-state index in [9.17, 15) is 4.79 Å². The highest BCUT2D eigenvalue weighted by Crippen LogP contribution is 2.19. The molecule has 1 aliphatic rings. The number of likely N-dealkylation sites (tertiary alicyclic amines) is 1. The molecule has 1 saturated heterocycles. The summed E-state index contributed by atoms with van der Waals surface area (Å²) < 4.78 is 5.43. The predicted octanol–water partition coefficient (Wildman–Crippen LogP) is 1.49. The van der Waals surface area contributed by atoms with Gasteiger partial charge in [-0.3, -0.25) is 4.79 Å². The van der Waals surface area contributed by atoms with Crippen molar-refractivity contribution in [3.63, 3.8) is 0 Å². The fraction of sp³-hybridized carbons (Fsp3) is 0.562. The Kier molecular flexibility index (Phi) is 5.44. The first-order valence-corrected chi connectivity index (χ1v) is 7.54. The van der Waals surface area contributed by atoms with Crippen LogP contribution in [0.3, 0.4) is 0 Å². The SMILES string of the molecule is CC(C)N1CCC(CNC(=O)COc2ccccc2N)C1. The summed E-state index contributed by atoms with van der Waals surface area (Å²) in [5.74, 6) is 0.999. The maximum Gasteiger partial charge on any atom is 0.257 e. The van der Waals surface area contributed by atoms with Crippen LogP contribution in [0, 0.1) is 5.92 Å². The molecule has 1 aliphatic heterocycles. The minimum Gasteiger partial charge on any atom is -0.482 e. The van der Waals surface area contributed by atoms with Crippen molar-refractivity contribution in [1.82, 2.24) is 10.2 Å². The summed E-state index contributed by atoms with van der Waals surface area (Å²) >= 11 is 0. The Morgan fingerprint density at radius 3 is 2.90 bits per heavy atom. The predicted molar refractivity (Wildman–Crippen MR) is 84.2 cm³/mol. The molecule has 1 unspecified atom stereocenters. The largest absolute Gasteiger partial charge is 0.482 e. The van der Waals surface area contributed by atoms with E-state index in [1.807, 2.05) is 12.1 Å². The number of carbonyl (C=O) groups excluding carboxylic acids is 1. The van der Waals surface area contributed by atoms with E-state index in [2.05, 4.69) is 24.1 Å². The number of carbonyl (C=O) groups is 1. The van der Waals surface area contributed by atoms with Gasteiger partial charge in [0.05, 0.1) is 5.69 Å². The van der Waals surface area contributed by atoms with Crippen LogP contribution in [0.15, 0.2) is 24.3 Å². The maximum atomic E-state index is 11.8. The van der Waals surface area contributed by atoms with Gasteiger partial charge in [-0.2, -0.15) is 0 Å². The molecule has 0 aliphatic carbocycles. The van der Waals surface area contributed by atoms with Crippen LogP contribution < -0.4 is 15.8 Å². The summed E-state index contributed by atoms with van der Waals surface area (Å²) in [4.78, 5) is 14.3. The lowest BCUT2D eigenvalue weighted by Gasteiger charge is -2.20. The highest BCUT2D eigenvalue weighted by molar-refractivity contribution is 5.77. The number of hydrogen-bond donors (Lipinski definition) is 2. The quantitative estimate of drug-likeness (QED) is 0.779. The average Bonchev–Trinajstić information content (AvgIpc) is 2.93. The lowest BCUT2D eigenvalue weighted by atomic mass is 10.1. The molecule has 1 fully saturated rings. The molecule has 1 atom stereocenters. The van der Waals surface area contributed by atoms with E-state index in [4.69, 9.17) is 10.5 Å². The molecular formula is C16H25N3O2. The van der Waals surface area contributed by atoms with Gasteiger partial charge in [0, 0.05) is 19.1 Å². The van der Waals surface area contributed by atoms with Crippen LogP contribution in [-0.2, 0) is 4.79 Å². The van der Waals surface area contributed by atoms with Crippen LogP contribution in [0.1, 0.15) is 20.3 Å². The van der Waals surface area contributed by atoms with E-state index in [1.165, 1.54) is 0 Å². The van der Waals surface area contributed by atoms with Gasteiger partial charge in [-0.25, -0.2) is 0 Å². The number of anilines is 1. The van der Waals surface area contributed by atoms with E-state index in [0.717, 1.165) is 26.1 Å². The number of para-hydroxylation sites is 2. The zero-order valence-electron chi connectivity index (χ0n) is 12.8. The Morgan fingerprint density at radius 2 is 2.24 bits per heavy atom. The highest BCUT2D eigenvalue weighted by Gasteiger charge is 2.24. The van der Waals surface area contributed by atoms with Crippen LogP contribution >= 0.6 is 0 Å². The summed E-state index contributed by atoms with van der Waals surface area (Å²) in [6, 6.07) is 7.77. The molecule has 21 heavy (non-hydrogen) atoms. The molecule has 0 aromatic heterocycles. The van der Waals surface area contributed by atoms with Gasteiger partial charge in [-0.1, -0.05) is 12.1 Å². The minimum atomic E-state index is -0.0961. The fourth-order valence-corrected chi connectivity index (χ4v) is 2.56. The van der Waals surface area contributed by atoms with Crippen molar-refractivity contribution in [1.29, 1.82) is 0 Å². The topological polar surface area (TPSA) is 67.6 Å². The molecule has 1 aromatic rings. The van der Waals surface area contributed by atoms with Gasteiger partial charge >= 0.3 is 0 Å². The van der Waals surface area contributed by atoms with E-state index in [1.54, 1.807) is 12.1 Å². The number of nitrogens with two attached hydrogens (primary N) is 1. The van der Waals surface area contributed by atoms with E-state index >= 15 is 0 Å². The number of nitrogen functional groups attached to an aromatic ring is 1. The third kappa shape index (κ3) is 4.63. The second-order valence-corrected chi connectivity index (χ2v) is 5.87. The van der Waals surface area contributed by atoms with Gasteiger partial charge in [0.1, 0.15) is 5.75 Å². The number of amides is 1. The van der Waals surface area contributed by atoms with E-state index < -0.39 is 0 Å². The molecule has 0 spiro atoms. The maximum absolute atomic E-state index is 11.8. The zero-order chi connectivity index (χ0) is 15.2. The summed E-state index contributed by atoms with van der Waals surface area (Å²) in [6.07, 6.45) is 1.14. The number of benzene rings is 1. The van der Waals surface area contributed by atoms with E-state index in [0.29, 0.717) is 23.4 Å². The number of ether oxygens (including phenoxy) is 1. The fourth-order valence-electron chi connectivity index (χ4n) is 2.56. The molecule has 1 aromatic carbocycles. The molecule has 0 saturated carbocycles. The van der Waals surface area contributed by atoms with Gasteiger partial charge in [0.15, 0.2) is 6.61 Å². The Balaban J connectivity index is 1.68. The third-order valence-electron chi connectivity index (χ3n) is 3.91. The molecule has 2 rings (SSSR count). The Labute approximate surface area is 126 Å². The molecule has 0 radical (unpaired) electrons. The molecule has 5 nitrogen and oxygen atoms in total. The summed E-state index contributed by atoms with van der Waals surface area (Å²) in [6.45, 7) is 7.32. The number of nitrogens with zero attached hydrogens (tertiary/aromatic N) is 1. The number of hydrogen-bond acceptors (Lipinski definition) is 4. The Hall–Kier alpha value is -1.75. The normalized spacial score (nSPS) is 18.9. The molecule has 5 heteroatoms. The highest BCUT2D eigenvalue weighted by atomic mass is 16.5. The van der Waals surface area contributed by atoms with Gasteiger partial charge in [-0.05, 0) is 44.9 Å². The zero-order valence-corrected chi connectivity index (χ0v) is 12.8. The average molecular weight is 291 g/mol.